The Morgan fingerprint density at radius 2 is 1.83 bits per heavy atom. The topological polar surface area (TPSA) is 54.9 Å². The summed E-state index contributed by atoms with van der Waals surface area (Å²) in [6.45, 7) is 1.89. The number of hydrogen-bond acceptors (Lipinski definition) is 4. The molecule has 3 rings (SSSR count). The molecular formula is C18H15N3OS. The Kier molecular flexibility index (Phi) is 4.68. The van der Waals surface area contributed by atoms with Crippen molar-refractivity contribution in [1.82, 2.24) is 9.97 Å². The quantitative estimate of drug-likeness (QED) is 0.783. The van der Waals surface area contributed by atoms with E-state index in [1.54, 1.807) is 24.4 Å². The Bertz CT molecular complexity index is 821. The van der Waals surface area contributed by atoms with Crippen molar-refractivity contribution in [1.29, 1.82) is 0 Å². The van der Waals surface area contributed by atoms with E-state index in [9.17, 15) is 4.79 Å². The first kappa shape index (κ1) is 15.2. The maximum absolute atomic E-state index is 12.5. The second-order valence-electron chi connectivity index (χ2n) is 4.89. The van der Waals surface area contributed by atoms with Crippen molar-refractivity contribution in [3.8, 4) is 0 Å². The van der Waals surface area contributed by atoms with E-state index in [2.05, 4.69) is 15.3 Å². The highest BCUT2D eigenvalue weighted by Gasteiger charge is 2.14. The Hall–Kier alpha value is -2.66. The van der Waals surface area contributed by atoms with Crippen molar-refractivity contribution in [3.05, 3.63) is 78.1 Å². The van der Waals surface area contributed by atoms with E-state index in [1.807, 2.05) is 49.4 Å². The molecule has 2 heterocycles. The predicted octanol–water partition coefficient (Wildman–Crippen LogP) is 4.19. The third kappa shape index (κ3) is 3.96. The lowest BCUT2D eigenvalue weighted by molar-refractivity contribution is 0.102. The van der Waals surface area contributed by atoms with Crippen LogP contribution in [0.2, 0.25) is 0 Å². The van der Waals surface area contributed by atoms with Crippen molar-refractivity contribution in [2.75, 3.05) is 5.32 Å². The predicted molar refractivity (Wildman–Crippen MR) is 91.7 cm³/mol. The second-order valence-corrected chi connectivity index (χ2v) is 5.95. The number of carbonyl (C=O) groups excluding carboxylic acids is 1. The van der Waals surface area contributed by atoms with Crippen LogP contribution in [-0.2, 0) is 0 Å². The van der Waals surface area contributed by atoms with Crippen LogP contribution in [0.3, 0.4) is 0 Å². The summed E-state index contributed by atoms with van der Waals surface area (Å²) in [7, 11) is 0. The number of nitrogens with one attached hydrogen (secondary N) is 1. The molecule has 0 saturated heterocycles. The van der Waals surface area contributed by atoms with Gasteiger partial charge in [0.15, 0.2) is 0 Å². The average molecular weight is 321 g/mol. The van der Waals surface area contributed by atoms with Crippen LogP contribution in [0.25, 0.3) is 0 Å². The standard InChI is InChI=1S/C18H15N3OS/c1-13-7-5-11-16(20-13)21-17(22)15-10-6-12-19-18(15)23-14-8-3-2-4-9-14/h2-12H,1H3,(H,20,21,22). The number of aromatic nitrogens is 2. The Morgan fingerprint density at radius 1 is 1.00 bits per heavy atom. The zero-order chi connectivity index (χ0) is 16.1. The number of anilines is 1. The first-order valence-electron chi connectivity index (χ1n) is 7.15. The van der Waals surface area contributed by atoms with E-state index in [1.165, 1.54) is 11.8 Å². The van der Waals surface area contributed by atoms with Gasteiger partial charge < -0.3 is 5.32 Å². The van der Waals surface area contributed by atoms with Crippen LogP contribution in [0, 0.1) is 6.92 Å². The number of benzene rings is 1. The summed E-state index contributed by atoms with van der Waals surface area (Å²) < 4.78 is 0. The number of rotatable bonds is 4. The van der Waals surface area contributed by atoms with Gasteiger partial charge in [-0.05, 0) is 43.3 Å². The number of pyridine rings is 2. The van der Waals surface area contributed by atoms with Gasteiger partial charge in [0.2, 0.25) is 0 Å². The molecule has 0 saturated carbocycles. The van der Waals surface area contributed by atoms with Gasteiger partial charge in [-0.3, -0.25) is 4.79 Å². The number of aryl methyl sites for hydroxylation is 1. The third-order valence-corrected chi connectivity index (χ3v) is 4.13. The van der Waals surface area contributed by atoms with Crippen molar-refractivity contribution < 1.29 is 4.79 Å². The summed E-state index contributed by atoms with van der Waals surface area (Å²) in [6, 6.07) is 18.9. The van der Waals surface area contributed by atoms with Crippen molar-refractivity contribution >= 4 is 23.5 Å². The third-order valence-electron chi connectivity index (χ3n) is 3.10. The van der Waals surface area contributed by atoms with Crippen LogP contribution in [0.15, 0.2) is 76.8 Å². The lowest BCUT2D eigenvalue weighted by atomic mass is 10.2. The van der Waals surface area contributed by atoms with Gasteiger partial charge in [-0.2, -0.15) is 0 Å². The van der Waals surface area contributed by atoms with Crippen LogP contribution in [-0.4, -0.2) is 15.9 Å². The van der Waals surface area contributed by atoms with Crippen LogP contribution < -0.4 is 5.32 Å². The van der Waals surface area contributed by atoms with Crippen LogP contribution >= 0.6 is 11.8 Å². The largest absolute Gasteiger partial charge is 0.306 e. The molecule has 5 heteroatoms. The minimum atomic E-state index is -0.213. The maximum Gasteiger partial charge on any atom is 0.259 e. The molecule has 0 unspecified atom stereocenters. The molecule has 23 heavy (non-hydrogen) atoms. The molecule has 0 aliphatic carbocycles. The number of carbonyl (C=O) groups is 1. The first-order chi connectivity index (χ1) is 11.2. The average Bonchev–Trinajstić information content (AvgIpc) is 2.56. The van der Waals surface area contributed by atoms with E-state index in [-0.39, 0.29) is 5.91 Å². The molecular weight excluding hydrogens is 306 g/mol. The molecule has 0 aliphatic heterocycles. The van der Waals surface area contributed by atoms with Crippen molar-refractivity contribution in [2.45, 2.75) is 16.8 Å². The van der Waals surface area contributed by atoms with Gasteiger partial charge in [0.1, 0.15) is 10.8 Å². The fourth-order valence-corrected chi connectivity index (χ4v) is 2.94. The van der Waals surface area contributed by atoms with E-state index in [4.69, 9.17) is 0 Å². The highest BCUT2D eigenvalue weighted by molar-refractivity contribution is 7.99. The smallest absolute Gasteiger partial charge is 0.259 e. The number of nitrogens with zero attached hydrogens (tertiary/aromatic N) is 2. The highest BCUT2D eigenvalue weighted by Crippen LogP contribution is 2.28. The van der Waals surface area contributed by atoms with Gasteiger partial charge in [-0.25, -0.2) is 9.97 Å². The summed E-state index contributed by atoms with van der Waals surface area (Å²) >= 11 is 1.46. The maximum atomic E-state index is 12.5. The Morgan fingerprint density at radius 3 is 2.61 bits per heavy atom. The summed E-state index contributed by atoms with van der Waals surface area (Å²) in [5, 5.41) is 3.49. The summed E-state index contributed by atoms with van der Waals surface area (Å²) in [4.78, 5) is 22.2. The van der Waals surface area contributed by atoms with Gasteiger partial charge in [-0.15, -0.1) is 0 Å². The number of amides is 1. The van der Waals surface area contributed by atoms with Gasteiger partial charge in [0.25, 0.3) is 5.91 Å². The Labute approximate surface area is 139 Å². The first-order valence-corrected chi connectivity index (χ1v) is 7.97. The highest BCUT2D eigenvalue weighted by atomic mass is 32.2. The molecule has 114 valence electrons. The second kappa shape index (κ2) is 7.07. The van der Waals surface area contributed by atoms with Crippen LogP contribution in [0.1, 0.15) is 16.1 Å². The van der Waals surface area contributed by atoms with E-state index >= 15 is 0 Å². The fraction of sp³-hybridized carbons (Fsp3) is 0.0556. The van der Waals surface area contributed by atoms with Crippen molar-refractivity contribution in [2.24, 2.45) is 0 Å². The van der Waals surface area contributed by atoms with Crippen molar-refractivity contribution in [3.63, 3.8) is 0 Å². The van der Waals surface area contributed by atoms with Crippen LogP contribution in [0.4, 0.5) is 5.82 Å². The van der Waals surface area contributed by atoms with Gasteiger partial charge in [0, 0.05) is 16.8 Å². The zero-order valence-electron chi connectivity index (χ0n) is 12.6. The Balaban J connectivity index is 1.83. The lowest BCUT2D eigenvalue weighted by Gasteiger charge is -2.09. The van der Waals surface area contributed by atoms with Gasteiger partial charge in [-0.1, -0.05) is 36.0 Å². The summed E-state index contributed by atoms with van der Waals surface area (Å²) in [5.41, 5.74) is 1.39. The molecule has 1 N–H and O–H groups in total. The monoisotopic (exact) mass is 321 g/mol. The summed E-state index contributed by atoms with van der Waals surface area (Å²) in [6.07, 6.45) is 1.69. The normalized spacial score (nSPS) is 10.3. The van der Waals surface area contributed by atoms with Gasteiger partial charge in [0.05, 0.1) is 5.56 Å². The lowest BCUT2D eigenvalue weighted by Crippen LogP contribution is -2.14. The molecule has 4 nitrogen and oxygen atoms in total. The molecule has 1 amide bonds. The molecule has 0 spiro atoms. The minimum Gasteiger partial charge on any atom is -0.306 e. The minimum absolute atomic E-state index is 0.213. The fourth-order valence-electron chi connectivity index (χ4n) is 2.04. The molecule has 0 aliphatic rings. The van der Waals surface area contributed by atoms with Crippen LogP contribution in [0.5, 0.6) is 0 Å². The molecule has 2 aromatic heterocycles. The summed E-state index contributed by atoms with van der Waals surface area (Å²) in [5.74, 6) is 0.323. The molecule has 0 bridgehead atoms. The van der Waals surface area contributed by atoms with Gasteiger partial charge >= 0.3 is 0 Å². The SMILES string of the molecule is Cc1cccc(NC(=O)c2cccnc2Sc2ccccc2)n1. The van der Waals surface area contributed by atoms with E-state index < -0.39 is 0 Å². The molecule has 0 atom stereocenters. The van der Waals surface area contributed by atoms with E-state index in [0.29, 0.717) is 16.4 Å². The molecule has 3 aromatic rings. The zero-order valence-corrected chi connectivity index (χ0v) is 13.4. The molecule has 1 aromatic carbocycles. The molecule has 0 fully saturated rings. The number of hydrogen-bond donors (Lipinski definition) is 1. The van der Waals surface area contributed by atoms with E-state index in [0.717, 1.165) is 10.6 Å². The molecule has 0 radical (unpaired) electrons.